The second kappa shape index (κ2) is 8.63. The molecule has 0 aliphatic heterocycles. The maximum absolute atomic E-state index is 12.3. The third kappa shape index (κ3) is 4.92. The molecule has 3 aromatic rings. The van der Waals surface area contributed by atoms with Crippen LogP contribution in [-0.2, 0) is 10.2 Å². The molecule has 1 amide bonds. The Kier molecular flexibility index (Phi) is 6.42. The minimum Gasteiger partial charge on any atom is -0.324 e. The molecule has 0 unspecified atom stereocenters. The number of tetrazole rings is 1. The van der Waals surface area contributed by atoms with E-state index in [1.165, 1.54) is 17.3 Å². The summed E-state index contributed by atoms with van der Waals surface area (Å²) in [6.45, 7) is 6.47. The first-order chi connectivity index (χ1) is 13.3. The SMILES string of the molecule is CC(C)(C)c1ccc(-n2nnnc2SCC(=O)Nc2ccccc2Cl)c(Br)c1. The number of carbonyl (C=O) groups is 1. The van der Waals surface area contributed by atoms with Crippen LogP contribution < -0.4 is 5.32 Å². The van der Waals surface area contributed by atoms with Gasteiger partial charge in [-0.1, -0.05) is 62.3 Å². The maximum Gasteiger partial charge on any atom is 0.234 e. The first-order valence-electron chi connectivity index (χ1n) is 8.51. The lowest BCUT2D eigenvalue weighted by Gasteiger charge is -2.20. The average Bonchev–Trinajstić information content (AvgIpc) is 3.09. The summed E-state index contributed by atoms with van der Waals surface area (Å²) in [5.74, 6) is -0.0293. The number of hydrogen-bond donors (Lipinski definition) is 1. The Balaban J connectivity index is 1.72. The number of benzene rings is 2. The molecule has 1 N–H and O–H groups in total. The summed E-state index contributed by atoms with van der Waals surface area (Å²) in [7, 11) is 0. The van der Waals surface area contributed by atoms with Crippen molar-refractivity contribution in [3.05, 3.63) is 57.5 Å². The molecule has 0 aliphatic rings. The lowest BCUT2D eigenvalue weighted by Crippen LogP contribution is -2.15. The number of rotatable bonds is 5. The number of nitrogens with zero attached hydrogens (tertiary/aromatic N) is 4. The number of amides is 1. The molecular formula is C19H19BrClN5OS. The van der Waals surface area contributed by atoms with Gasteiger partial charge in [0.25, 0.3) is 0 Å². The van der Waals surface area contributed by atoms with Crippen LogP contribution >= 0.6 is 39.3 Å². The third-order valence-corrected chi connectivity index (χ3v) is 5.85. The number of carbonyl (C=O) groups excluding carboxylic acids is 1. The van der Waals surface area contributed by atoms with Crippen molar-refractivity contribution in [2.75, 3.05) is 11.1 Å². The van der Waals surface area contributed by atoms with Gasteiger partial charge in [0.05, 0.1) is 22.2 Å². The highest BCUT2D eigenvalue weighted by molar-refractivity contribution is 9.10. The van der Waals surface area contributed by atoms with Gasteiger partial charge in [0, 0.05) is 4.47 Å². The molecule has 0 saturated heterocycles. The Morgan fingerprint density at radius 1 is 1.25 bits per heavy atom. The third-order valence-electron chi connectivity index (χ3n) is 3.96. The molecule has 2 aromatic carbocycles. The number of halogens is 2. The minimum atomic E-state index is -0.185. The van der Waals surface area contributed by atoms with Gasteiger partial charge in [0.1, 0.15) is 0 Å². The fourth-order valence-corrected chi connectivity index (χ4v) is 3.86. The number of para-hydroxylation sites is 1. The van der Waals surface area contributed by atoms with Gasteiger partial charge in [0.2, 0.25) is 11.1 Å². The van der Waals surface area contributed by atoms with Crippen molar-refractivity contribution < 1.29 is 4.79 Å². The van der Waals surface area contributed by atoms with Crippen LogP contribution in [-0.4, -0.2) is 31.9 Å². The van der Waals surface area contributed by atoms with E-state index in [2.05, 4.69) is 69.7 Å². The summed E-state index contributed by atoms with van der Waals surface area (Å²) in [6.07, 6.45) is 0. The van der Waals surface area contributed by atoms with Crippen molar-refractivity contribution in [1.82, 2.24) is 20.2 Å². The van der Waals surface area contributed by atoms with Gasteiger partial charge in [-0.05, 0) is 61.6 Å². The van der Waals surface area contributed by atoms with Crippen LogP contribution in [0.15, 0.2) is 52.1 Å². The predicted octanol–water partition coefficient (Wildman–Crippen LogP) is 5.11. The van der Waals surface area contributed by atoms with E-state index in [1.807, 2.05) is 18.2 Å². The largest absolute Gasteiger partial charge is 0.324 e. The highest BCUT2D eigenvalue weighted by atomic mass is 79.9. The van der Waals surface area contributed by atoms with E-state index in [4.69, 9.17) is 11.6 Å². The number of hydrogen-bond acceptors (Lipinski definition) is 5. The number of thioether (sulfide) groups is 1. The molecule has 0 radical (unpaired) electrons. The Hall–Kier alpha value is -1.90. The van der Waals surface area contributed by atoms with Gasteiger partial charge >= 0.3 is 0 Å². The van der Waals surface area contributed by atoms with Crippen LogP contribution in [0.1, 0.15) is 26.3 Å². The summed E-state index contributed by atoms with van der Waals surface area (Å²) in [5.41, 5.74) is 2.63. The molecule has 0 aliphatic carbocycles. The quantitative estimate of drug-likeness (QED) is 0.514. The van der Waals surface area contributed by atoms with Crippen molar-refractivity contribution in [2.45, 2.75) is 31.3 Å². The first-order valence-corrected chi connectivity index (χ1v) is 10.7. The molecule has 3 rings (SSSR count). The van der Waals surface area contributed by atoms with E-state index in [-0.39, 0.29) is 17.1 Å². The fraction of sp³-hybridized carbons (Fsp3) is 0.263. The zero-order valence-corrected chi connectivity index (χ0v) is 18.8. The zero-order valence-electron chi connectivity index (χ0n) is 15.6. The minimum absolute atomic E-state index is 0.0377. The van der Waals surface area contributed by atoms with E-state index in [1.54, 1.807) is 16.8 Å². The van der Waals surface area contributed by atoms with E-state index in [0.717, 1.165) is 10.2 Å². The number of nitrogens with one attached hydrogen (secondary N) is 1. The molecule has 6 nitrogen and oxygen atoms in total. The van der Waals surface area contributed by atoms with Crippen LogP contribution in [0.2, 0.25) is 5.02 Å². The smallest absolute Gasteiger partial charge is 0.234 e. The van der Waals surface area contributed by atoms with Crippen molar-refractivity contribution in [2.24, 2.45) is 0 Å². The standard InChI is InChI=1S/C19H19BrClN5OS/c1-19(2,3)12-8-9-16(13(20)10-12)26-18(23-24-25-26)28-11-17(27)22-15-7-5-4-6-14(15)21/h4-10H,11H2,1-3H3,(H,22,27). The van der Waals surface area contributed by atoms with Gasteiger partial charge < -0.3 is 5.32 Å². The first kappa shape index (κ1) is 20.8. The zero-order chi connectivity index (χ0) is 20.3. The molecule has 0 atom stereocenters. The normalized spacial score (nSPS) is 11.5. The van der Waals surface area contributed by atoms with Crippen LogP contribution in [0.3, 0.4) is 0 Å². The van der Waals surface area contributed by atoms with E-state index in [9.17, 15) is 4.79 Å². The van der Waals surface area contributed by atoms with Gasteiger partial charge in [-0.3, -0.25) is 4.79 Å². The molecule has 1 heterocycles. The van der Waals surface area contributed by atoms with Crippen molar-refractivity contribution in [3.63, 3.8) is 0 Å². The van der Waals surface area contributed by atoms with Gasteiger partial charge in [-0.25, -0.2) is 0 Å². The predicted molar refractivity (Wildman–Crippen MR) is 116 cm³/mol. The highest BCUT2D eigenvalue weighted by Crippen LogP contribution is 2.30. The molecule has 0 fully saturated rings. The number of anilines is 1. The summed E-state index contributed by atoms with van der Waals surface area (Å²) in [6, 6.07) is 13.2. The van der Waals surface area contributed by atoms with E-state index in [0.29, 0.717) is 15.9 Å². The van der Waals surface area contributed by atoms with Crippen molar-refractivity contribution in [1.29, 1.82) is 0 Å². The summed E-state index contributed by atoms with van der Waals surface area (Å²) in [4.78, 5) is 12.3. The summed E-state index contributed by atoms with van der Waals surface area (Å²) in [5, 5.41) is 15.7. The van der Waals surface area contributed by atoms with Crippen LogP contribution in [0, 0.1) is 0 Å². The maximum atomic E-state index is 12.3. The van der Waals surface area contributed by atoms with Gasteiger partial charge in [-0.2, -0.15) is 4.68 Å². The van der Waals surface area contributed by atoms with Crippen LogP contribution in [0.4, 0.5) is 5.69 Å². The Bertz CT molecular complexity index is 1000. The molecule has 0 saturated carbocycles. The lowest BCUT2D eigenvalue weighted by atomic mass is 9.87. The van der Waals surface area contributed by atoms with E-state index >= 15 is 0 Å². The van der Waals surface area contributed by atoms with Crippen molar-refractivity contribution in [3.8, 4) is 5.69 Å². The molecule has 1 aromatic heterocycles. The van der Waals surface area contributed by atoms with Crippen LogP contribution in [0.25, 0.3) is 5.69 Å². The van der Waals surface area contributed by atoms with Crippen LogP contribution in [0.5, 0.6) is 0 Å². The molecule has 146 valence electrons. The summed E-state index contributed by atoms with van der Waals surface area (Å²) < 4.78 is 2.50. The second-order valence-electron chi connectivity index (χ2n) is 7.11. The van der Waals surface area contributed by atoms with Gasteiger partial charge in [0.15, 0.2) is 0 Å². The van der Waals surface area contributed by atoms with E-state index < -0.39 is 0 Å². The fourth-order valence-electron chi connectivity index (χ4n) is 2.44. The molecule has 28 heavy (non-hydrogen) atoms. The summed E-state index contributed by atoms with van der Waals surface area (Å²) >= 11 is 10.9. The molecular weight excluding hydrogens is 462 g/mol. The molecule has 0 spiro atoms. The molecule has 9 heteroatoms. The Labute approximate surface area is 181 Å². The van der Waals surface area contributed by atoms with Gasteiger partial charge in [-0.15, -0.1) is 5.10 Å². The second-order valence-corrected chi connectivity index (χ2v) is 9.31. The topological polar surface area (TPSA) is 72.7 Å². The Morgan fingerprint density at radius 2 is 2.00 bits per heavy atom. The lowest BCUT2D eigenvalue weighted by molar-refractivity contribution is -0.113. The monoisotopic (exact) mass is 479 g/mol. The van der Waals surface area contributed by atoms with Crippen molar-refractivity contribution >= 4 is 50.9 Å². The molecule has 0 bridgehead atoms. The average molecular weight is 481 g/mol. The Morgan fingerprint density at radius 3 is 2.68 bits per heavy atom. The highest BCUT2D eigenvalue weighted by Gasteiger charge is 2.18. The number of aromatic nitrogens is 4.